The van der Waals surface area contributed by atoms with E-state index in [4.69, 9.17) is 9.52 Å². The summed E-state index contributed by atoms with van der Waals surface area (Å²) >= 11 is 0. The SMILES string of the molecule is O=Cc1ccc(S(=O)(=O)c2cccc(C(=O)O)c2)o1. The summed E-state index contributed by atoms with van der Waals surface area (Å²) in [6.45, 7) is 0. The number of sulfone groups is 1. The van der Waals surface area contributed by atoms with Gasteiger partial charge in [-0.1, -0.05) is 6.07 Å². The Kier molecular flexibility index (Phi) is 3.22. The van der Waals surface area contributed by atoms with Gasteiger partial charge in [-0.25, -0.2) is 13.2 Å². The highest BCUT2D eigenvalue weighted by molar-refractivity contribution is 7.91. The van der Waals surface area contributed by atoms with E-state index in [1.807, 2.05) is 0 Å². The highest BCUT2D eigenvalue weighted by Crippen LogP contribution is 2.23. The molecule has 0 aliphatic rings. The first-order chi connectivity index (χ1) is 8.95. The number of rotatable bonds is 4. The minimum absolute atomic E-state index is 0.118. The highest BCUT2D eigenvalue weighted by atomic mass is 32.2. The van der Waals surface area contributed by atoms with Gasteiger partial charge in [-0.3, -0.25) is 4.79 Å². The molecule has 0 fully saturated rings. The van der Waals surface area contributed by atoms with Crippen molar-refractivity contribution in [2.75, 3.05) is 0 Å². The molecule has 0 aliphatic carbocycles. The van der Waals surface area contributed by atoms with Gasteiger partial charge >= 0.3 is 5.97 Å². The predicted octanol–water partition coefficient (Wildman–Crippen LogP) is 1.62. The van der Waals surface area contributed by atoms with Gasteiger partial charge in [-0.15, -0.1) is 0 Å². The van der Waals surface area contributed by atoms with Crippen LogP contribution < -0.4 is 0 Å². The molecule has 0 spiro atoms. The van der Waals surface area contributed by atoms with E-state index in [0.29, 0.717) is 6.29 Å². The lowest BCUT2D eigenvalue weighted by molar-refractivity contribution is 0.0696. The molecule has 6 nitrogen and oxygen atoms in total. The van der Waals surface area contributed by atoms with E-state index in [-0.39, 0.29) is 16.2 Å². The lowest BCUT2D eigenvalue weighted by atomic mass is 10.2. The smallest absolute Gasteiger partial charge is 0.335 e. The number of hydrogen-bond acceptors (Lipinski definition) is 5. The monoisotopic (exact) mass is 280 g/mol. The molecule has 7 heteroatoms. The number of carbonyl (C=O) groups excluding carboxylic acids is 1. The third-order valence-electron chi connectivity index (χ3n) is 2.37. The van der Waals surface area contributed by atoms with Crippen LogP contribution in [-0.4, -0.2) is 25.8 Å². The largest absolute Gasteiger partial charge is 0.478 e. The Morgan fingerprint density at radius 3 is 2.53 bits per heavy atom. The second-order valence-electron chi connectivity index (χ2n) is 3.61. The Morgan fingerprint density at radius 1 is 1.21 bits per heavy atom. The lowest BCUT2D eigenvalue weighted by Crippen LogP contribution is -2.03. The van der Waals surface area contributed by atoms with Crippen LogP contribution in [0.1, 0.15) is 20.9 Å². The third-order valence-corrected chi connectivity index (χ3v) is 4.00. The van der Waals surface area contributed by atoms with Crippen molar-refractivity contribution in [3.63, 3.8) is 0 Å². The molecule has 1 heterocycles. The average molecular weight is 280 g/mol. The third kappa shape index (κ3) is 2.41. The molecule has 0 atom stereocenters. The summed E-state index contributed by atoms with van der Waals surface area (Å²) in [5.74, 6) is -1.35. The molecule has 0 aliphatic heterocycles. The molecular weight excluding hydrogens is 272 g/mol. The van der Waals surface area contributed by atoms with Crippen LogP contribution in [0.15, 0.2) is 50.8 Å². The first kappa shape index (κ1) is 13.0. The zero-order valence-corrected chi connectivity index (χ0v) is 10.3. The second kappa shape index (κ2) is 4.69. The topological polar surface area (TPSA) is 102 Å². The molecule has 2 aromatic rings. The fourth-order valence-corrected chi connectivity index (χ4v) is 2.68. The molecule has 0 unspecified atom stereocenters. The fraction of sp³-hybridized carbons (Fsp3) is 0. The van der Waals surface area contributed by atoms with Crippen LogP contribution in [0, 0.1) is 0 Å². The normalized spacial score (nSPS) is 11.2. The maximum absolute atomic E-state index is 12.1. The lowest BCUT2D eigenvalue weighted by Gasteiger charge is -2.02. The predicted molar refractivity (Wildman–Crippen MR) is 62.9 cm³/mol. The minimum Gasteiger partial charge on any atom is -0.478 e. The molecule has 0 saturated heterocycles. The van der Waals surface area contributed by atoms with Crippen LogP contribution >= 0.6 is 0 Å². The quantitative estimate of drug-likeness (QED) is 0.854. The molecular formula is C12H8O6S. The standard InChI is InChI=1S/C12H8O6S/c13-7-9-4-5-11(18-9)19(16,17)10-3-1-2-8(6-10)12(14)15/h1-7H,(H,14,15). The van der Waals surface area contributed by atoms with E-state index in [0.717, 1.165) is 12.1 Å². The molecule has 1 N–H and O–H groups in total. The van der Waals surface area contributed by atoms with Crippen molar-refractivity contribution in [2.24, 2.45) is 0 Å². The summed E-state index contributed by atoms with van der Waals surface area (Å²) in [4.78, 5) is 21.1. The van der Waals surface area contributed by atoms with Gasteiger partial charge < -0.3 is 9.52 Å². The summed E-state index contributed by atoms with van der Waals surface area (Å²) in [5.41, 5.74) is -0.150. The number of furan rings is 1. The Bertz CT molecular complexity index is 741. The number of aldehydes is 1. The Hall–Kier alpha value is -2.41. The molecule has 0 amide bonds. The van der Waals surface area contributed by atoms with Gasteiger partial charge in [-0.2, -0.15) is 0 Å². The number of carbonyl (C=O) groups is 2. The summed E-state index contributed by atoms with van der Waals surface area (Å²) in [7, 11) is -3.97. The van der Waals surface area contributed by atoms with E-state index in [1.165, 1.54) is 24.3 Å². The van der Waals surface area contributed by atoms with Crippen molar-refractivity contribution in [1.82, 2.24) is 0 Å². The minimum atomic E-state index is -3.97. The second-order valence-corrected chi connectivity index (χ2v) is 5.49. The van der Waals surface area contributed by atoms with Gasteiger partial charge in [0.05, 0.1) is 10.5 Å². The van der Waals surface area contributed by atoms with Crippen LogP contribution in [0.25, 0.3) is 0 Å². The van der Waals surface area contributed by atoms with E-state index in [9.17, 15) is 18.0 Å². The van der Waals surface area contributed by atoms with Crippen molar-refractivity contribution in [2.45, 2.75) is 9.99 Å². The fourth-order valence-electron chi connectivity index (χ4n) is 1.45. The maximum Gasteiger partial charge on any atom is 0.335 e. The molecule has 1 aromatic carbocycles. The van der Waals surface area contributed by atoms with Gasteiger partial charge in [0.2, 0.25) is 14.9 Å². The van der Waals surface area contributed by atoms with Gasteiger partial charge in [0.25, 0.3) is 0 Å². The zero-order chi connectivity index (χ0) is 14.0. The van der Waals surface area contributed by atoms with Gasteiger partial charge in [0, 0.05) is 0 Å². The first-order valence-electron chi connectivity index (χ1n) is 5.08. The van der Waals surface area contributed by atoms with Crippen LogP contribution in [-0.2, 0) is 9.84 Å². The van der Waals surface area contributed by atoms with Crippen molar-refractivity contribution in [3.8, 4) is 0 Å². The molecule has 0 saturated carbocycles. The van der Waals surface area contributed by atoms with Crippen LogP contribution in [0.4, 0.5) is 0 Å². The first-order valence-corrected chi connectivity index (χ1v) is 6.57. The van der Waals surface area contributed by atoms with Crippen LogP contribution in [0.5, 0.6) is 0 Å². The molecule has 19 heavy (non-hydrogen) atoms. The molecule has 0 bridgehead atoms. The average Bonchev–Trinajstić information content (AvgIpc) is 2.88. The van der Waals surface area contributed by atoms with Gasteiger partial charge in [0.1, 0.15) is 0 Å². The van der Waals surface area contributed by atoms with E-state index < -0.39 is 20.9 Å². The Morgan fingerprint density at radius 2 is 1.95 bits per heavy atom. The van der Waals surface area contributed by atoms with Crippen molar-refractivity contribution >= 4 is 22.1 Å². The molecule has 1 aromatic heterocycles. The van der Waals surface area contributed by atoms with E-state index in [2.05, 4.69) is 0 Å². The number of benzene rings is 1. The van der Waals surface area contributed by atoms with Crippen molar-refractivity contribution < 1.29 is 27.5 Å². The summed E-state index contributed by atoms with van der Waals surface area (Å²) in [6.07, 6.45) is 0.382. The number of carboxylic acid groups (broad SMARTS) is 1. The Balaban J connectivity index is 2.53. The molecule has 2 rings (SSSR count). The summed E-state index contributed by atoms with van der Waals surface area (Å²) in [6, 6.07) is 7.25. The van der Waals surface area contributed by atoms with Crippen LogP contribution in [0.2, 0.25) is 0 Å². The van der Waals surface area contributed by atoms with Gasteiger partial charge in [-0.05, 0) is 30.3 Å². The Labute approximate surface area is 108 Å². The number of hydrogen-bond donors (Lipinski definition) is 1. The maximum atomic E-state index is 12.1. The number of aromatic carboxylic acids is 1. The van der Waals surface area contributed by atoms with E-state index in [1.54, 1.807) is 0 Å². The summed E-state index contributed by atoms with van der Waals surface area (Å²) in [5, 5.41) is 8.42. The molecule has 98 valence electrons. The van der Waals surface area contributed by atoms with Crippen molar-refractivity contribution in [3.05, 3.63) is 47.7 Å². The zero-order valence-electron chi connectivity index (χ0n) is 9.44. The van der Waals surface area contributed by atoms with Crippen molar-refractivity contribution in [1.29, 1.82) is 0 Å². The van der Waals surface area contributed by atoms with Gasteiger partial charge in [0.15, 0.2) is 12.0 Å². The molecule has 0 radical (unpaired) electrons. The highest BCUT2D eigenvalue weighted by Gasteiger charge is 2.22. The van der Waals surface area contributed by atoms with E-state index >= 15 is 0 Å². The van der Waals surface area contributed by atoms with Crippen LogP contribution in [0.3, 0.4) is 0 Å². The number of carboxylic acids is 1. The summed E-state index contributed by atoms with van der Waals surface area (Å²) < 4.78 is 29.1.